The number of hydrogen-bond donors (Lipinski definition) is 2. The molecule has 4 rings (SSSR count). The van der Waals surface area contributed by atoms with Gasteiger partial charge in [-0.2, -0.15) is 16.9 Å². The van der Waals surface area contributed by atoms with Gasteiger partial charge in [0.25, 0.3) is 0 Å². The number of carbonyl (C=O) groups excluding carboxylic acids is 2. The summed E-state index contributed by atoms with van der Waals surface area (Å²) in [6.45, 7) is 0. The molecule has 1 aliphatic carbocycles. The molecule has 0 spiro atoms. The summed E-state index contributed by atoms with van der Waals surface area (Å²) in [7, 11) is 0. The Bertz CT molecular complexity index is 844. The van der Waals surface area contributed by atoms with Crippen LogP contribution in [0.2, 0.25) is 0 Å². The number of anilines is 1. The molecular formula is C18H19FN4O2S. The first-order valence-corrected chi connectivity index (χ1v) is 9.83. The zero-order chi connectivity index (χ0) is 18.1. The fourth-order valence-electron chi connectivity index (χ4n) is 3.40. The highest BCUT2D eigenvalue weighted by Crippen LogP contribution is 2.36. The molecule has 2 aromatic rings. The first-order valence-electron chi connectivity index (χ1n) is 8.68. The molecule has 0 atom stereocenters. The van der Waals surface area contributed by atoms with Crippen LogP contribution in [0.3, 0.4) is 0 Å². The van der Waals surface area contributed by atoms with Crippen LogP contribution in [-0.2, 0) is 21.1 Å². The normalized spacial score (nSPS) is 16.5. The Labute approximate surface area is 154 Å². The molecule has 0 bridgehead atoms. The van der Waals surface area contributed by atoms with Gasteiger partial charge in [-0.25, -0.2) is 9.07 Å². The number of amides is 2. The van der Waals surface area contributed by atoms with E-state index in [-0.39, 0.29) is 11.9 Å². The molecule has 6 nitrogen and oxygen atoms in total. The smallest absolute Gasteiger partial charge is 0.314 e. The van der Waals surface area contributed by atoms with Crippen LogP contribution in [0, 0.1) is 5.82 Å². The first kappa shape index (κ1) is 17.1. The minimum Gasteiger partial charge on any atom is -0.345 e. The summed E-state index contributed by atoms with van der Waals surface area (Å²) in [4.78, 5) is 24.6. The van der Waals surface area contributed by atoms with Crippen molar-refractivity contribution in [2.75, 3.05) is 5.32 Å². The molecule has 1 fully saturated rings. The topological polar surface area (TPSA) is 76.0 Å². The number of hydrogen-bond acceptors (Lipinski definition) is 4. The first-order chi connectivity index (χ1) is 12.6. The molecule has 1 aromatic heterocycles. The summed E-state index contributed by atoms with van der Waals surface area (Å²) in [5, 5.41) is 10.0. The molecule has 0 unspecified atom stereocenters. The van der Waals surface area contributed by atoms with Gasteiger partial charge in [-0.3, -0.25) is 9.59 Å². The van der Waals surface area contributed by atoms with Crippen LogP contribution in [0.4, 0.5) is 10.2 Å². The Morgan fingerprint density at radius 3 is 2.58 bits per heavy atom. The van der Waals surface area contributed by atoms with Crippen LogP contribution < -0.4 is 10.6 Å². The van der Waals surface area contributed by atoms with Gasteiger partial charge in [0.1, 0.15) is 11.6 Å². The molecule has 2 aliphatic rings. The van der Waals surface area contributed by atoms with Gasteiger partial charge >= 0.3 is 11.8 Å². The molecule has 1 aromatic carbocycles. The van der Waals surface area contributed by atoms with Crippen molar-refractivity contribution in [3.05, 3.63) is 41.3 Å². The Balaban J connectivity index is 1.58. The number of fused-ring (bicyclic) bond motifs is 1. The van der Waals surface area contributed by atoms with Crippen LogP contribution >= 0.6 is 11.8 Å². The second-order valence-corrected chi connectivity index (χ2v) is 7.55. The number of carbonyl (C=O) groups is 2. The van der Waals surface area contributed by atoms with Crippen molar-refractivity contribution in [3.8, 4) is 5.69 Å². The lowest BCUT2D eigenvalue weighted by molar-refractivity contribution is -0.136. The lowest BCUT2D eigenvalue weighted by Crippen LogP contribution is -2.41. The average molecular weight is 374 g/mol. The number of rotatable bonds is 3. The summed E-state index contributed by atoms with van der Waals surface area (Å²) in [5.41, 5.74) is 2.43. The van der Waals surface area contributed by atoms with Crippen molar-refractivity contribution in [3.63, 3.8) is 0 Å². The maximum Gasteiger partial charge on any atom is 0.314 e. The van der Waals surface area contributed by atoms with E-state index < -0.39 is 11.8 Å². The van der Waals surface area contributed by atoms with Crippen LogP contribution in [0.5, 0.6) is 0 Å². The van der Waals surface area contributed by atoms with Crippen molar-refractivity contribution in [2.45, 2.75) is 43.2 Å². The lowest BCUT2D eigenvalue weighted by atomic mass is 10.2. The molecule has 2 heterocycles. The monoisotopic (exact) mass is 374 g/mol. The predicted molar refractivity (Wildman–Crippen MR) is 97.5 cm³/mol. The molecule has 1 aliphatic heterocycles. The third-order valence-corrected chi connectivity index (χ3v) is 5.72. The number of aromatic nitrogens is 2. The van der Waals surface area contributed by atoms with Crippen molar-refractivity contribution in [1.29, 1.82) is 0 Å². The lowest BCUT2D eigenvalue weighted by Gasteiger charge is -2.13. The third kappa shape index (κ3) is 3.33. The molecule has 2 amide bonds. The molecule has 1 saturated carbocycles. The molecule has 0 saturated heterocycles. The SMILES string of the molecule is O=C(Nc1c2c(nn1-c1ccc(F)cc1)CSC2)C(=O)NC1CCCC1. The van der Waals surface area contributed by atoms with E-state index in [1.54, 1.807) is 28.6 Å². The molecule has 2 N–H and O–H groups in total. The van der Waals surface area contributed by atoms with Gasteiger partial charge in [-0.15, -0.1) is 0 Å². The van der Waals surface area contributed by atoms with Crippen molar-refractivity contribution in [1.82, 2.24) is 15.1 Å². The van der Waals surface area contributed by atoms with E-state index in [4.69, 9.17) is 0 Å². The number of halogens is 1. The van der Waals surface area contributed by atoms with Gasteiger partial charge in [-0.05, 0) is 37.1 Å². The van der Waals surface area contributed by atoms with Crippen LogP contribution in [0.1, 0.15) is 36.9 Å². The van der Waals surface area contributed by atoms with E-state index >= 15 is 0 Å². The number of nitrogens with one attached hydrogen (secondary N) is 2. The van der Waals surface area contributed by atoms with Gasteiger partial charge in [0.05, 0.1) is 11.4 Å². The van der Waals surface area contributed by atoms with Crippen LogP contribution in [0.15, 0.2) is 24.3 Å². The van der Waals surface area contributed by atoms with E-state index in [0.717, 1.165) is 48.4 Å². The summed E-state index contributed by atoms with van der Waals surface area (Å²) >= 11 is 1.70. The molecule has 0 radical (unpaired) electrons. The number of thioether (sulfide) groups is 1. The number of nitrogens with zero attached hydrogens (tertiary/aromatic N) is 2. The van der Waals surface area contributed by atoms with Crippen LogP contribution in [0.25, 0.3) is 5.69 Å². The van der Waals surface area contributed by atoms with Gasteiger partial charge in [0.2, 0.25) is 0 Å². The van der Waals surface area contributed by atoms with Gasteiger partial charge in [0, 0.05) is 23.1 Å². The zero-order valence-electron chi connectivity index (χ0n) is 14.1. The standard InChI is InChI=1S/C18H19FN4O2S/c19-11-5-7-13(8-6-11)23-16(14-9-26-10-15(14)22-23)21-18(25)17(24)20-12-3-1-2-4-12/h5-8,12H,1-4,9-10H2,(H,20,24)(H,21,25). The van der Waals surface area contributed by atoms with E-state index in [2.05, 4.69) is 15.7 Å². The van der Waals surface area contributed by atoms with Gasteiger partial charge in [0.15, 0.2) is 0 Å². The summed E-state index contributed by atoms with van der Waals surface area (Å²) in [6, 6.07) is 5.96. The van der Waals surface area contributed by atoms with Gasteiger partial charge in [-0.1, -0.05) is 12.8 Å². The van der Waals surface area contributed by atoms with E-state index in [1.807, 2.05) is 0 Å². The minimum absolute atomic E-state index is 0.0801. The van der Waals surface area contributed by atoms with Crippen molar-refractivity contribution in [2.24, 2.45) is 0 Å². The molecule has 136 valence electrons. The predicted octanol–water partition coefficient (Wildman–Crippen LogP) is 2.76. The second kappa shape index (κ2) is 7.11. The van der Waals surface area contributed by atoms with Gasteiger partial charge < -0.3 is 10.6 Å². The zero-order valence-corrected chi connectivity index (χ0v) is 14.9. The minimum atomic E-state index is -0.695. The summed E-state index contributed by atoms with van der Waals surface area (Å²) in [6.07, 6.45) is 3.99. The Kier molecular flexibility index (Phi) is 4.67. The van der Waals surface area contributed by atoms with Crippen molar-refractivity contribution >= 4 is 29.4 Å². The Morgan fingerprint density at radius 2 is 1.85 bits per heavy atom. The average Bonchev–Trinajstić information content (AvgIpc) is 3.35. The van der Waals surface area contributed by atoms with E-state index in [0.29, 0.717) is 11.5 Å². The highest BCUT2D eigenvalue weighted by Gasteiger charge is 2.27. The second-order valence-electron chi connectivity index (χ2n) is 6.56. The maximum atomic E-state index is 13.2. The Morgan fingerprint density at radius 1 is 1.12 bits per heavy atom. The maximum absolute atomic E-state index is 13.2. The van der Waals surface area contributed by atoms with Crippen LogP contribution in [-0.4, -0.2) is 27.6 Å². The molecular weight excluding hydrogens is 355 g/mol. The highest BCUT2D eigenvalue weighted by atomic mass is 32.2. The third-order valence-electron chi connectivity index (χ3n) is 4.75. The Hall–Kier alpha value is -2.35. The summed E-state index contributed by atoms with van der Waals surface area (Å²) in [5.74, 6) is 0.300. The molecule has 26 heavy (non-hydrogen) atoms. The quantitative estimate of drug-likeness (QED) is 0.810. The molecule has 8 heteroatoms. The highest BCUT2D eigenvalue weighted by molar-refractivity contribution is 7.98. The number of benzene rings is 1. The fraction of sp³-hybridized carbons (Fsp3) is 0.389. The largest absolute Gasteiger partial charge is 0.345 e. The fourth-order valence-corrected chi connectivity index (χ4v) is 4.43. The van der Waals surface area contributed by atoms with Crippen molar-refractivity contribution < 1.29 is 14.0 Å². The van der Waals surface area contributed by atoms with E-state index in [9.17, 15) is 14.0 Å². The summed E-state index contributed by atoms with van der Waals surface area (Å²) < 4.78 is 14.8. The van der Waals surface area contributed by atoms with E-state index in [1.165, 1.54) is 12.1 Å².